The Morgan fingerprint density at radius 2 is 1.27 bits per heavy atom. The molecule has 0 N–H and O–H groups in total. The van der Waals surface area contributed by atoms with Crippen molar-refractivity contribution in [3.63, 3.8) is 0 Å². The van der Waals surface area contributed by atoms with E-state index in [9.17, 15) is 43.9 Å². The number of halogens is 10. The van der Waals surface area contributed by atoms with Crippen LogP contribution >= 0.6 is 0 Å². The van der Waals surface area contributed by atoms with E-state index in [4.69, 9.17) is 0 Å². The monoisotopic (exact) mass is 484 g/mol. The number of alkyl halides is 5. The highest BCUT2D eigenvalue weighted by atomic mass is 19.4. The highest BCUT2D eigenvalue weighted by Crippen LogP contribution is 2.38. The van der Waals surface area contributed by atoms with E-state index in [0.717, 1.165) is 12.1 Å². The van der Waals surface area contributed by atoms with Crippen molar-refractivity contribution in [1.82, 2.24) is 0 Å². The third-order valence-electron chi connectivity index (χ3n) is 4.30. The minimum absolute atomic E-state index is 0.0191. The molecule has 0 bridgehead atoms. The Balaban J connectivity index is 1.92. The Morgan fingerprint density at radius 1 is 0.667 bits per heavy atom. The van der Waals surface area contributed by atoms with Crippen molar-refractivity contribution < 1.29 is 53.4 Å². The minimum Gasteiger partial charge on any atom is -0.429 e. The molecule has 3 aromatic rings. The minimum atomic E-state index is -5.46. The summed E-state index contributed by atoms with van der Waals surface area (Å²) in [5, 5.41) is 0. The van der Waals surface area contributed by atoms with Crippen LogP contribution in [0.1, 0.15) is 11.1 Å². The van der Waals surface area contributed by atoms with Crippen molar-refractivity contribution in [3.05, 3.63) is 82.7 Å². The molecule has 0 aliphatic rings. The van der Waals surface area contributed by atoms with Crippen LogP contribution in [0.2, 0.25) is 0 Å². The van der Waals surface area contributed by atoms with Crippen LogP contribution in [0.25, 0.3) is 11.1 Å². The predicted octanol–water partition coefficient (Wildman–Crippen LogP) is 7.38. The van der Waals surface area contributed by atoms with Gasteiger partial charge in [0, 0.05) is 17.7 Å². The van der Waals surface area contributed by atoms with Crippen LogP contribution in [-0.4, -0.2) is 6.36 Å². The molecule has 0 aromatic heterocycles. The summed E-state index contributed by atoms with van der Waals surface area (Å²) in [7, 11) is 0. The molecule has 0 amide bonds. The molecule has 0 aliphatic carbocycles. The van der Waals surface area contributed by atoms with Gasteiger partial charge in [0.15, 0.2) is 23.3 Å². The third-order valence-corrected chi connectivity index (χ3v) is 4.30. The second-order valence-corrected chi connectivity index (χ2v) is 6.64. The van der Waals surface area contributed by atoms with Gasteiger partial charge in [-0.2, -0.15) is 8.78 Å². The molecule has 3 rings (SSSR count). The van der Waals surface area contributed by atoms with Gasteiger partial charge in [0.25, 0.3) is 0 Å². The van der Waals surface area contributed by atoms with Crippen LogP contribution in [0, 0.1) is 36.0 Å². The van der Waals surface area contributed by atoms with Gasteiger partial charge >= 0.3 is 12.5 Å². The summed E-state index contributed by atoms with van der Waals surface area (Å²) < 4.78 is 142. The maximum atomic E-state index is 14.4. The number of benzene rings is 3. The van der Waals surface area contributed by atoms with Crippen LogP contribution in [0.4, 0.5) is 43.9 Å². The normalized spacial score (nSPS) is 12.1. The summed E-state index contributed by atoms with van der Waals surface area (Å²) in [6.07, 6.45) is -10.0. The van der Waals surface area contributed by atoms with E-state index in [0.29, 0.717) is 12.1 Å². The highest BCUT2D eigenvalue weighted by Gasteiger charge is 2.39. The Hall–Kier alpha value is -3.44. The van der Waals surface area contributed by atoms with Crippen molar-refractivity contribution in [2.45, 2.75) is 19.4 Å². The first kappa shape index (κ1) is 24.2. The van der Waals surface area contributed by atoms with E-state index < -0.39 is 64.2 Å². The van der Waals surface area contributed by atoms with Crippen LogP contribution < -0.4 is 9.47 Å². The fourth-order valence-corrected chi connectivity index (χ4v) is 2.80. The highest BCUT2D eigenvalue weighted by molar-refractivity contribution is 5.65. The molecule has 0 atom stereocenters. The van der Waals surface area contributed by atoms with Gasteiger partial charge in [-0.25, -0.2) is 22.0 Å². The quantitative estimate of drug-likeness (QED) is 0.352. The summed E-state index contributed by atoms with van der Waals surface area (Å²) in [6.45, 7) is 1.28. The Kier molecular flexibility index (Phi) is 6.22. The van der Waals surface area contributed by atoms with Crippen molar-refractivity contribution in [3.8, 4) is 22.6 Å². The molecule has 176 valence electrons. The molecule has 3 aromatic carbocycles. The van der Waals surface area contributed by atoms with Gasteiger partial charge in [0.1, 0.15) is 11.6 Å². The van der Waals surface area contributed by atoms with Gasteiger partial charge in [-0.05, 0) is 30.2 Å². The fraction of sp³-hybridized carbons (Fsp3) is 0.143. The topological polar surface area (TPSA) is 18.5 Å². The molecule has 33 heavy (non-hydrogen) atoms. The molecule has 0 unspecified atom stereocenters. The maximum Gasteiger partial charge on any atom is 0.573 e. The van der Waals surface area contributed by atoms with Crippen LogP contribution in [0.15, 0.2) is 42.5 Å². The molecular weight excluding hydrogens is 474 g/mol. The number of rotatable bonds is 5. The average Bonchev–Trinajstić information content (AvgIpc) is 2.68. The number of hydrogen-bond donors (Lipinski definition) is 0. The average molecular weight is 484 g/mol. The van der Waals surface area contributed by atoms with E-state index in [1.807, 2.05) is 0 Å². The molecule has 0 saturated heterocycles. The van der Waals surface area contributed by atoms with Crippen LogP contribution in [0.5, 0.6) is 11.5 Å². The van der Waals surface area contributed by atoms with E-state index in [1.165, 1.54) is 13.0 Å². The van der Waals surface area contributed by atoms with Crippen LogP contribution in [-0.2, 0) is 6.11 Å². The molecular formula is C21H10F10O2. The molecule has 0 saturated carbocycles. The van der Waals surface area contributed by atoms with Gasteiger partial charge in [-0.3, -0.25) is 0 Å². The van der Waals surface area contributed by atoms with E-state index in [1.54, 1.807) is 0 Å². The third kappa shape index (κ3) is 5.15. The lowest BCUT2D eigenvalue weighted by Crippen LogP contribution is -2.24. The second-order valence-electron chi connectivity index (χ2n) is 6.64. The zero-order valence-corrected chi connectivity index (χ0v) is 16.1. The fourth-order valence-electron chi connectivity index (χ4n) is 2.80. The zero-order chi connectivity index (χ0) is 24.7. The first-order chi connectivity index (χ1) is 15.2. The van der Waals surface area contributed by atoms with Gasteiger partial charge in [0.2, 0.25) is 5.75 Å². The smallest absolute Gasteiger partial charge is 0.429 e. The second kappa shape index (κ2) is 8.49. The standard InChI is InChI=1S/C21H10F10O2/c1-9-2-4-12(18(26)17(9)25)10-3-5-13(14(22)6-10)20(27,28)32-11-7-15(23)19(16(24)8-11)33-21(29,30)31/h2-8H,1H3. The number of ether oxygens (including phenoxy) is 2. The largest absolute Gasteiger partial charge is 0.573 e. The van der Waals surface area contributed by atoms with E-state index >= 15 is 0 Å². The van der Waals surface area contributed by atoms with Crippen molar-refractivity contribution in [1.29, 1.82) is 0 Å². The van der Waals surface area contributed by atoms with E-state index in [-0.39, 0.29) is 23.3 Å². The van der Waals surface area contributed by atoms with Gasteiger partial charge in [-0.1, -0.05) is 18.2 Å². The lowest BCUT2D eigenvalue weighted by molar-refractivity contribution is -0.276. The molecule has 0 heterocycles. The predicted molar refractivity (Wildman–Crippen MR) is 94.1 cm³/mol. The van der Waals surface area contributed by atoms with Crippen molar-refractivity contribution in [2.24, 2.45) is 0 Å². The molecule has 2 nitrogen and oxygen atoms in total. The Labute approximate surface area is 179 Å². The summed E-state index contributed by atoms with van der Waals surface area (Å²) >= 11 is 0. The summed E-state index contributed by atoms with van der Waals surface area (Å²) in [5.74, 6) is -11.4. The molecule has 0 fully saturated rings. The van der Waals surface area contributed by atoms with E-state index in [2.05, 4.69) is 9.47 Å². The first-order valence-electron chi connectivity index (χ1n) is 8.76. The summed E-state index contributed by atoms with van der Waals surface area (Å²) in [4.78, 5) is 0. The first-order valence-corrected chi connectivity index (χ1v) is 8.76. The Morgan fingerprint density at radius 3 is 1.82 bits per heavy atom. The van der Waals surface area contributed by atoms with Gasteiger partial charge < -0.3 is 9.47 Å². The van der Waals surface area contributed by atoms with Gasteiger partial charge in [-0.15, -0.1) is 13.2 Å². The van der Waals surface area contributed by atoms with Gasteiger partial charge in [0.05, 0.1) is 5.56 Å². The maximum absolute atomic E-state index is 14.4. The van der Waals surface area contributed by atoms with Crippen molar-refractivity contribution in [2.75, 3.05) is 0 Å². The van der Waals surface area contributed by atoms with Crippen LogP contribution in [0.3, 0.4) is 0 Å². The molecule has 0 radical (unpaired) electrons. The lowest BCUT2D eigenvalue weighted by atomic mass is 10.0. The van der Waals surface area contributed by atoms with Crippen molar-refractivity contribution >= 4 is 0 Å². The molecule has 0 spiro atoms. The number of hydrogen-bond acceptors (Lipinski definition) is 2. The zero-order valence-electron chi connectivity index (χ0n) is 16.1. The summed E-state index contributed by atoms with van der Waals surface area (Å²) in [5.41, 5.74) is -2.21. The molecule has 12 heteroatoms. The SMILES string of the molecule is Cc1ccc(-c2ccc(C(F)(F)Oc3cc(F)c(OC(F)(F)F)c(F)c3)c(F)c2)c(F)c1F. The molecule has 0 aliphatic heterocycles. The Bertz CT molecular complexity index is 1180. The summed E-state index contributed by atoms with van der Waals surface area (Å²) in [6, 6.07) is 4.00. The number of aryl methyl sites for hydroxylation is 1. The lowest BCUT2D eigenvalue weighted by Gasteiger charge is -2.20.